The minimum Gasteiger partial charge on any atom is -0.312 e. The van der Waals surface area contributed by atoms with E-state index in [2.05, 4.69) is 17.8 Å². The van der Waals surface area contributed by atoms with Crippen molar-refractivity contribution in [1.82, 2.24) is 0 Å². The monoisotopic (exact) mass is 275 g/mol. The molecule has 100 valence electrons. The Morgan fingerprint density at radius 2 is 2.37 bits per heavy atom. The van der Waals surface area contributed by atoms with Crippen molar-refractivity contribution in [2.24, 2.45) is 11.1 Å². The highest BCUT2D eigenvalue weighted by Crippen LogP contribution is 2.26. The predicted molar refractivity (Wildman–Crippen MR) is 78.5 cm³/mol. The molecule has 19 heavy (non-hydrogen) atoms. The molecular weight excluding hydrogens is 258 g/mol. The molecule has 1 heterocycles. The Kier molecular flexibility index (Phi) is 4.32. The fourth-order valence-electron chi connectivity index (χ4n) is 1.94. The summed E-state index contributed by atoms with van der Waals surface area (Å²) in [5, 5.41) is 5.86. The van der Waals surface area contributed by atoms with Crippen LogP contribution in [0.1, 0.15) is 36.4 Å². The average molecular weight is 275 g/mol. The molecule has 0 saturated heterocycles. The Morgan fingerprint density at radius 3 is 3.00 bits per heavy atom. The summed E-state index contributed by atoms with van der Waals surface area (Å²) in [7, 11) is 0. The minimum absolute atomic E-state index is 0.392. The Labute approximate surface area is 117 Å². The minimum atomic E-state index is -0.396. The van der Waals surface area contributed by atoms with Gasteiger partial charge < -0.3 is 4.84 Å². The van der Waals surface area contributed by atoms with Gasteiger partial charge in [-0.2, -0.15) is 0 Å². The molecule has 0 aromatic carbocycles. The summed E-state index contributed by atoms with van der Waals surface area (Å²) in [5.41, 5.74) is 3.06. The van der Waals surface area contributed by atoms with E-state index >= 15 is 0 Å². The van der Waals surface area contributed by atoms with E-state index in [0.717, 1.165) is 29.7 Å². The number of thiophene rings is 1. The smallest absolute Gasteiger partial charge is 0.312 e. The molecule has 4 heteroatoms. The number of hydrogen-bond donors (Lipinski definition) is 0. The van der Waals surface area contributed by atoms with Gasteiger partial charge in [0.05, 0.1) is 5.71 Å². The molecule has 1 aromatic heterocycles. The van der Waals surface area contributed by atoms with Gasteiger partial charge in [-0.25, -0.2) is 4.79 Å². The maximum Gasteiger partial charge on any atom is 0.375 e. The summed E-state index contributed by atoms with van der Waals surface area (Å²) in [6, 6.07) is 3.55. The normalized spacial score (nSPS) is 21.1. The Balaban J connectivity index is 2.06. The van der Waals surface area contributed by atoms with Crippen LogP contribution in [0.3, 0.4) is 0 Å². The lowest BCUT2D eigenvalue weighted by molar-refractivity contribution is 0.0521. The van der Waals surface area contributed by atoms with Crippen molar-refractivity contribution >= 4 is 23.0 Å². The van der Waals surface area contributed by atoms with Crippen molar-refractivity contribution in [1.29, 1.82) is 0 Å². The van der Waals surface area contributed by atoms with Crippen molar-refractivity contribution in [2.45, 2.75) is 26.7 Å². The van der Waals surface area contributed by atoms with Crippen molar-refractivity contribution in [3.05, 3.63) is 46.2 Å². The van der Waals surface area contributed by atoms with Crippen LogP contribution in [0.4, 0.5) is 0 Å². The van der Waals surface area contributed by atoms with E-state index in [1.165, 1.54) is 11.3 Å². The highest BCUT2D eigenvalue weighted by atomic mass is 32.1. The molecule has 1 aliphatic carbocycles. The zero-order valence-corrected chi connectivity index (χ0v) is 12.0. The lowest BCUT2D eigenvalue weighted by Crippen LogP contribution is -2.16. The number of nitrogens with zero attached hydrogens (tertiary/aromatic N) is 1. The van der Waals surface area contributed by atoms with Crippen LogP contribution in [0.15, 0.2) is 46.5 Å². The van der Waals surface area contributed by atoms with Gasteiger partial charge in [-0.05, 0) is 43.2 Å². The van der Waals surface area contributed by atoms with Gasteiger partial charge in [0, 0.05) is 6.42 Å². The lowest BCUT2D eigenvalue weighted by Gasteiger charge is -2.21. The third kappa shape index (κ3) is 3.41. The van der Waals surface area contributed by atoms with Crippen LogP contribution in [-0.2, 0) is 4.84 Å². The van der Waals surface area contributed by atoms with Gasteiger partial charge in [0.25, 0.3) is 0 Å². The lowest BCUT2D eigenvalue weighted by atomic mass is 9.85. The third-order valence-corrected chi connectivity index (χ3v) is 4.11. The number of carbonyl (C=O) groups excluding carboxylic acids is 1. The molecule has 1 unspecified atom stereocenters. The zero-order valence-electron chi connectivity index (χ0n) is 11.2. The van der Waals surface area contributed by atoms with Crippen LogP contribution in [0.25, 0.3) is 0 Å². The standard InChI is InChI=1S/C15H17NO2S/c1-10(2)12-7-6-11(3)13(9-12)16-18-15(17)14-5-4-8-19-14/h4-6,8,12H,1,7,9H2,2-3H3/b16-13+. The van der Waals surface area contributed by atoms with E-state index in [4.69, 9.17) is 4.84 Å². The average Bonchev–Trinajstić information content (AvgIpc) is 2.91. The summed E-state index contributed by atoms with van der Waals surface area (Å²) in [5.74, 6) is -0.00404. The van der Waals surface area contributed by atoms with Gasteiger partial charge in [0.1, 0.15) is 4.88 Å². The number of allylic oxidation sites excluding steroid dienone is 3. The van der Waals surface area contributed by atoms with Gasteiger partial charge >= 0.3 is 5.97 Å². The molecule has 1 atom stereocenters. The SMILES string of the molecule is C=C(C)C1CC=C(C)/C(=N/OC(=O)c2cccs2)C1. The molecule has 1 aliphatic rings. The Morgan fingerprint density at radius 1 is 1.58 bits per heavy atom. The highest BCUT2D eigenvalue weighted by Gasteiger charge is 2.19. The molecule has 0 radical (unpaired) electrons. The first-order chi connectivity index (χ1) is 9.08. The topological polar surface area (TPSA) is 38.7 Å². The number of oxime groups is 1. The molecular formula is C15H17NO2S. The second-order valence-electron chi connectivity index (χ2n) is 4.76. The van der Waals surface area contributed by atoms with Gasteiger partial charge in [0.15, 0.2) is 0 Å². The summed E-state index contributed by atoms with van der Waals surface area (Å²) in [4.78, 5) is 17.3. The van der Waals surface area contributed by atoms with Gasteiger partial charge in [-0.3, -0.25) is 0 Å². The van der Waals surface area contributed by atoms with E-state index < -0.39 is 5.97 Å². The van der Waals surface area contributed by atoms with Crippen molar-refractivity contribution in [3.8, 4) is 0 Å². The maximum atomic E-state index is 11.7. The van der Waals surface area contributed by atoms with Crippen molar-refractivity contribution in [2.75, 3.05) is 0 Å². The van der Waals surface area contributed by atoms with Crippen LogP contribution in [-0.4, -0.2) is 11.7 Å². The molecule has 0 aliphatic heterocycles. The summed E-state index contributed by atoms with van der Waals surface area (Å²) < 4.78 is 0. The summed E-state index contributed by atoms with van der Waals surface area (Å²) in [6.07, 6.45) is 3.90. The van der Waals surface area contributed by atoms with Crippen molar-refractivity contribution < 1.29 is 9.63 Å². The van der Waals surface area contributed by atoms with E-state index in [1.807, 2.05) is 25.3 Å². The van der Waals surface area contributed by atoms with Crippen LogP contribution in [0, 0.1) is 5.92 Å². The first-order valence-corrected chi connectivity index (χ1v) is 7.10. The highest BCUT2D eigenvalue weighted by molar-refractivity contribution is 7.11. The maximum absolute atomic E-state index is 11.7. The van der Waals surface area contributed by atoms with Crippen molar-refractivity contribution in [3.63, 3.8) is 0 Å². The zero-order chi connectivity index (χ0) is 13.8. The molecule has 3 nitrogen and oxygen atoms in total. The van der Waals surface area contributed by atoms with E-state index in [0.29, 0.717) is 10.8 Å². The Hall–Kier alpha value is -1.68. The first-order valence-electron chi connectivity index (χ1n) is 6.22. The molecule has 0 spiro atoms. The van der Waals surface area contributed by atoms with Crippen LogP contribution >= 0.6 is 11.3 Å². The molecule has 1 aromatic rings. The molecule has 0 fully saturated rings. The molecule has 0 amide bonds. The molecule has 0 N–H and O–H groups in total. The fourth-order valence-corrected chi connectivity index (χ4v) is 2.53. The van der Waals surface area contributed by atoms with Crippen LogP contribution < -0.4 is 0 Å². The van der Waals surface area contributed by atoms with Crippen LogP contribution in [0.2, 0.25) is 0 Å². The number of rotatable bonds is 3. The third-order valence-electron chi connectivity index (χ3n) is 3.26. The quantitative estimate of drug-likeness (QED) is 0.471. The van der Waals surface area contributed by atoms with Gasteiger partial charge in [0.2, 0.25) is 0 Å². The Bertz CT molecular complexity index is 541. The van der Waals surface area contributed by atoms with Gasteiger partial charge in [-0.1, -0.05) is 29.5 Å². The summed E-state index contributed by atoms with van der Waals surface area (Å²) in [6.45, 7) is 8.00. The second-order valence-corrected chi connectivity index (χ2v) is 5.71. The molecule has 0 saturated carbocycles. The fraction of sp³-hybridized carbons (Fsp3) is 0.333. The van der Waals surface area contributed by atoms with E-state index in [1.54, 1.807) is 6.07 Å². The predicted octanol–water partition coefficient (Wildman–Crippen LogP) is 4.19. The second kappa shape index (κ2) is 5.97. The van der Waals surface area contributed by atoms with E-state index in [9.17, 15) is 4.79 Å². The number of hydrogen-bond acceptors (Lipinski definition) is 4. The van der Waals surface area contributed by atoms with E-state index in [-0.39, 0.29) is 0 Å². The van der Waals surface area contributed by atoms with Crippen LogP contribution in [0.5, 0.6) is 0 Å². The molecule has 2 rings (SSSR count). The molecule has 0 bridgehead atoms. The largest absolute Gasteiger partial charge is 0.375 e. The van der Waals surface area contributed by atoms with Gasteiger partial charge in [-0.15, -0.1) is 11.3 Å². The first kappa shape index (κ1) is 13.7. The number of carbonyl (C=O) groups is 1. The summed E-state index contributed by atoms with van der Waals surface area (Å²) >= 11 is 1.35.